The van der Waals surface area contributed by atoms with Gasteiger partial charge in [0.05, 0.1) is 9.79 Å². The van der Waals surface area contributed by atoms with Gasteiger partial charge in [-0.1, -0.05) is 11.6 Å². The summed E-state index contributed by atoms with van der Waals surface area (Å²) in [4.78, 5) is 11.7. The molecule has 0 aromatic heterocycles. The van der Waals surface area contributed by atoms with E-state index in [-0.39, 0.29) is 15.4 Å². The van der Waals surface area contributed by atoms with Crippen LogP contribution < -0.4 is 10.0 Å². The minimum absolute atomic E-state index is 0.0251. The van der Waals surface area contributed by atoms with Gasteiger partial charge in [0.15, 0.2) is 9.84 Å². The molecular weight excluding hydrogens is 388 g/mol. The Bertz CT molecular complexity index is 1090. The van der Waals surface area contributed by atoms with Crippen LogP contribution in [0.4, 0.5) is 10.5 Å². The third kappa shape index (κ3) is 3.68. The molecule has 2 N–H and O–H groups in total. The Labute approximate surface area is 149 Å². The predicted octanol–water partition coefficient (Wildman–Crippen LogP) is 2.61. The van der Waals surface area contributed by atoms with Crippen molar-refractivity contribution in [3.8, 4) is 0 Å². The smallest absolute Gasteiger partial charge is 0.307 e. The molecule has 0 aliphatic carbocycles. The normalized spacial score (nSPS) is 14.8. The minimum atomic E-state index is -4.16. The molecular formula is C15H11ClN2O5S2. The van der Waals surface area contributed by atoms with Crippen LogP contribution >= 0.6 is 11.6 Å². The predicted molar refractivity (Wildman–Crippen MR) is 93.5 cm³/mol. The summed E-state index contributed by atoms with van der Waals surface area (Å²) in [5.41, 5.74) is 0.612. The number of nitrogens with one attached hydrogen (secondary N) is 2. The van der Waals surface area contributed by atoms with E-state index in [1.54, 1.807) is 12.1 Å². The molecule has 2 aromatic rings. The topological polar surface area (TPSA) is 109 Å². The molecule has 0 saturated heterocycles. The quantitative estimate of drug-likeness (QED) is 0.825. The van der Waals surface area contributed by atoms with Crippen LogP contribution in [0, 0.1) is 0 Å². The number of sulfonamides is 1. The number of fused-ring (bicyclic) bond motifs is 1. The van der Waals surface area contributed by atoms with Crippen LogP contribution in [-0.4, -0.2) is 22.9 Å². The molecule has 0 bridgehead atoms. The first-order chi connectivity index (χ1) is 11.7. The van der Waals surface area contributed by atoms with Crippen LogP contribution in [0.25, 0.3) is 6.08 Å². The summed E-state index contributed by atoms with van der Waals surface area (Å²) >= 11 is 5.73. The zero-order chi connectivity index (χ0) is 18.2. The number of hydrogen-bond acceptors (Lipinski definition) is 5. The average molecular weight is 399 g/mol. The molecule has 7 nitrogen and oxygen atoms in total. The fraction of sp³-hybridized carbons (Fsp3) is 0. The summed E-state index contributed by atoms with van der Waals surface area (Å²) in [7, 11) is -7.68. The fourth-order valence-electron chi connectivity index (χ4n) is 2.19. The monoisotopic (exact) mass is 398 g/mol. The number of amides is 2. The second-order valence-corrected chi connectivity index (χ2v) is 9.03. The van der Waals surface area contributed by atoms with E-state index in [4.69, 9.17) is 11.6 Å². The lowest BCUT2D eigenvalue weighted by atomic mass is 10.2. The maximum Gasteiger partial charge on any atom is 0.333 e. The maximum absolute atomic E-state index is 12.3. The Hall–Kier alpha value is -2.36. The molecule has 2 aromatic carbocycles. The largest absolute Gasteiger partial charge is 0.333 e. The first-order valence-electron chi connectivity index (χ1n) is 6.84. The van der Waals surface area contributed by atoms with E-state index in [0.29, 0.717) is 10.7 Å². The van der Waals surface area contributed by atoms with Crippen LogP contribution in [0.1, 0.15) is 5.56 Å². The van der Waals surface area contributed by atoms with Gasteiger partial charge >= 0.3 is 6.03 Å². The molecule has 0 atom stereocenters. The number of sulfone groups is 1. The van der Waals surface area contributed by atoms with Gasteiger partial charge in [-0.15, -0.1) is 0 Å². The van der Waals surface area contributed by atoms with E-state index in [0.717, 1.165) is 11.5 Å². The van der Waals surface area contributed by atoms with Crippen LogP contribution in [0.3, 0.4) is 0 Å². The van der Waals surface area contributed by atoms with Crippen molar-refractivity contribution in [2.45, 2.75) is 9.79 Å². The van der Waals surface area contributed by atoms with Crippen LogP contribution in [0.5, 0.6) is 0 Å². The van der Waals surface area contributed by atoms with Gasteiger partial charge in [0.1, 0.15) is 0 Å². The summed E-state index contributed by atoms with van der Waals surface area (Å²) in [6.45, 7) is 0. The Kier molecular flexibility index (Phi) is 4.31. The van der Waals surface area contributed by atoms with Gasteiger partial charge in [-0.05, 0) is 54.1 Å². The Morgan fingerprint density at radius 3 is 2.40 bits per heavy atom. The van der Waals surface area contributed by atoms with Crippen molar-refractivity contribution in [2.24, 2.45) is 0 Å². The molecule has 1 aliphatic rings. The highest BCUT2D eigenvalue weighted by molar-refractivity contribution is 7.94. The number of carbonyl (C=O) groups excluding carboxylic acids is 1. The van der Waals surface area contributed by atoms with Crippen molar-refractivity contribution >= 4 is 49.3 Å². The summed E-state index contributed by atoms with van der Waals surface area (Å²) < 4.78 is 49.8. The van der Waals surface area contributed by atoms with Gasteiger partial charge < -0.3 is 5.32 Å². The number of hydrogen-bond donors (Lipinski definition) is 2. The van der Waals surface area contributed by atoms with Crippen molar-refractivity contribution in [2.75, 3.05) is 5.32 Å². The van der Waals surface area contributed by atoms with Gasteiger partial charge in [0.25, 0.3) is 10.0 Å². The third-order valence-corrected chi connectivity index (χ3v) is 6.41. The number of carbonyl (C=O) groups is 1. The first-order valence-corrected chi connectivity index (χ1v) is 10.2. The van der Waals surface area contributed by atoms with Gasteiger partial charge in [0.2, 0.25) is 0 Å². The van der Waals surface area contributed by atoms with Gasteiger partial charge in [-0.3, -0.25) is 0 Å². The van der Waals surface area contributed by atoms with E-state index in [2.05, 4.69) is 5.32 Å². The van der Waals surface area contributed by atoms with Crippen molar-refractivity contribution in [3.05, 3.63) is 58.5 Å². The Morgan fingerprint density at radius 2 is 1.72 bits per heavy atom. The number of urea groups is 1. The SMILES string of the molecule is O=C(Nc1ccc(Cl)cc1)NS(=O)(=O)c1ccc2c(c1)C=CS2(=O)=O. The highest BCUT2D eigenvalue weighted by Gasteiger charge is 2.24. The van der Waals surface area contributed by atoms with E-state index < -0.39 is 25.9 Å². The van der Waals surface area contributed by atoms with Crippen LogP contribution in [-0.2, 0) is 19.9 Å². The highest BCUT2D eigenvalue weighted by atomic mass is 35.5. The lowest BCUT2D eigenvalue weighted by molar-refractivity contribution is 0.256. The lowest BCUT2D eigenvalue weighted by Crippen LogP contribution is -2.34. The molecule has 0 unspecified atom stereocenters. The summed E-state index contributed by atoms with van der Waals surface area (Å²) in [6, 6.07) is 8.66. The molecule has 0 saturated carbocycles. The zero-order valence-corrected chi connectivity index (χ0v) is 14.8. The van der Waals surface area contributed by atoms with Crippen molar-refractivity contribution < 1.29 is 21.6 Å². The molecule has 10 heteroatoms. The lowest BCUT2D eigenvalue weighted by Gasteiger charge is -2.09. The second-order valence-electron chi connectivity index (χ2n) is 5.11. The first kappa shape index (κ1) is 17.5. The summed E-state index contributed by atoms with van der Waals surface area (Å²) in [6.07, 6.45) is 1.30. The standard InChI is InChI=1S/C15H11ClN2O5S2/c16-11-1-3-12(4-2-11)17-15(19)18-25(22,23)13-5-6-14-10(9-13)7-8-24(14,20)21/h1-9H,(H2,17,18,19). The average Bonchev–Trinajstić information content (AvgIpc) is 2.84. The van der Waals surface area contributed by atoms with Gasteiger partial charge in [-0.2, -0.15) is 0 Å². The Morgan fingerprint density at radius 1 is 1.04 bits per heavy atom. The molecule has 0 spiro atoms. The van der Waals surface area contributed by atoms with Crippen LogP contribution in [0.2, 0.25) is 5.02 Å². The van der Waals surface area contributed by atoms with E-state index in [9.17, 15) is 21.6 Å². The molecule has 1 heterocycles. The zero-order valence-electron chi connectivity index (χ0n) is 12.4. The molecule has 25 heavy (non-hydrogen) atoms. The number of anilines is 1. The molecule has 0 fully saturated rings. The van der Waals surface area contributed by atoms with Gasteiger partial charge in [0, 0.05) is 16.1 Å². The number of halogens is 1. The van der Waals surface area contributed by atoms with E-state index in [1.165, 1.54) is 30.3 Å². The van der Waals surface area contributed by atoms with Crippen molar-refractivity contribution in [3.63, 3.8) is 0 Å². The van der Waals surface area contributed by atoms with Gasteiger partial charge in [-0.25, -0.2) is 26.4 Å². The number of rotatable bonds is 3. The Balaban J connectivity index is 1.79. The summed E-state index contributed by atoms with van der Waals surface area (Å²) in [5.74, 6) is 0. The van der Waals surface area contributed by atoms with E-state index in [1.807, 2.05) is 4.72 Å². The van der Waals surface area contributed by atoms with Crippen LogP contribution in [0.15, 0.2) is 57.7 Å². The molecule has 130 valence electrons. The van der Waals surface area contributed by atoms with Crippen molar-refractivity contribution in [1.82, 2.24) is 4.72 Å². The molecule has 0 radical (unpaired) electrons. The maximum atomic E-state index is 12.3. The third-order valence-electron chi connectivity index (χ3n) is 3.35. The molecule has 2 amide bonds. The fourth-order valence-corrected chi connectivity index (χ4v) is 4.44. The second kappa shape index (κ2) is 6.17. The van der Waals surface area contributed by atoms with Crippen molar-refractivity contribution in [1.29, 1.82) is 0 Å². The summed E-state index contributed by atoms with van der Waals surface area (Å²) in [5, 5.41) is 3.83. The minimum Gasteiger partial charge on any atom is -0.307 e. The highest BCUT2D eigenvalue weighted by Crippen LogP contribution is 2.28. The molecule has 1 aliphatic heterocycles. The van der Waals surface area contributed by atoms with E-state index >= 15 is 0 Å². The number of benzene rings is 2. The molecule has 3 rings (SSSR count).